The molecule has 0 bridgehead atoms. The van der Waals surface area contributed by atoms with Gasteiger partial charge in [0.25, 0.3) is 0 Å². The molecular weight excluding hydrogens is 242 g/mol. The molecule has 0 spiro atoms. The van der Waals surface area contributed by atoms with Crippen LogP contribution >= 0.6 is 0 Å². The van der Waals surface area contributed by atoms with E-state index < -0.39 is 0 Å². The Balaban J connectivity index is 0. The van der Waals surface area contributed by atoms with E-state index in [1.165, 1.54) is 0 Å². The van der Waals surface area contributed by atoms with Gasteiger partial charge in [0.2, 0.25) is 0 Å². The summed E-state index contributed by atoms with van der Waals surface area (Å²) in [5.74, 6) is 0. The van der Waals surface area contributed by atoms with Crippen molar-refractivity contribution in [1.29, 1.82) is 0 Å². The maximum atomic E-state index is 0. The van der Waals surface area contributed by atoms with Gasteiger partial charge in [0, 0.05) is 0 Å². The number of hydrogen-bond acceptors (Lipinski definition) is 0. The van der Waals surface area contributed by atoms with E-state index in [0.29, 0.717) is 0 Å². The summed E-state index contributed by atoms with van der Waals surface area (Å²) in [6.45, 7) is 0. The molecular formula is Fe2Zn2+8. The van der Waals surface area contributed by atoms with Crippen molar-refractivity contribution in [1.82, 2.24) is 0 Å². The molecule has 0 aromatic carbocycles. The van der Waals surface area contributed by atoms with Gasteiger partial charge in [0.05, 0.1) is 0 Å². The summed E-state index contributed by atoms with van der Waals surface area (Å²) in [5, 5.41) is 0. The molecule has 0 heterocycles. The SMILES string of the molecule is [Fe+2].[Fe+2].[Zn+2].[Zn+2]. The molecule has 0 radical (unpaired) electrons. The molecule has 0 aliphatic rings. The standard InChI is InChI=1S/2Fe.2Zn/q4*+2. The maximum absolute atomic E-state index is 0. The van der Waals surface area contributed by atoms with Crippen molar-refractivity contribution in [3.63, 3.8) is 0 Å². The maximum Gasteiger partial charge on any atom is 2.00 e. The summed E-state index contributed by atoms with van der Waals surface area (Å²) in [5.41, 5.74) is 0. The van der Waals surface area contributed by atoms with Gasteiger partial charge in [-0.3, -0.25) is 0 Å². The fraction of sp³-hybridized carbons (Fsp3) is 0. The van der Waals surface area contributed by atoms with Crippen LogP contribution in [0.4, 0.5) is 0 Å². The van der Waals surface area contributed by atoms with Gasteiger partial charge in [-0.1, -0.05) is 0 Å². The molecule has 0 saturated heterocycles. The first kappa shape index (κ1) is 33.6. The molecule has 0 rings (SSSR count). The minimum Gasteiger partial charge on any atom is 2.00 e. The van der Waals surface area contributed by atoms with E-state index in [2.05, 4.69) is 0 Å². The third-order valence-electron chi connectivity index (χ3n) is 0. The van der Waals surface area contributed by atoms with E-state index >= 15 is 0 Å². The fourth-order valence-electron chi connectivity index (χ4n) is 0. The van der Waals surface area contributed by atoms with Crippen molar-refractivity contribution in [2.45, 2.75) is 0 Å². The quantitative estimate of drug-likeness (QED) is 0.524. The van der Waals surface area contributed by atoms with Gasteiger partial charge in [-0.05, 0) is 0 Å². The normalized spacial score (nSPS) is 0. The molecule has 4 heteroatoms. The molecule has 0 fully saturated rings. The van der Waals surface area contributed by atoms with Crippen LogP contribution in [0.2, 0.25) is 0 Å². The second-order valence-corrected chi connectivity index (χ2v) is 0. The van der Waals surface area contributed by atoms with Crippen LogP contribution in [0.15, 0.2) is 0 Å². The smallest absolute Gasteiger partial charge is 2.00 e. The van der Waals surface area contributed by atoms with Crippen LogP contribution in [0.1, 0.15) is 0 Å². The Labute approximate surface area is 72.3 Å². The Morgan fingerprint density at radius 3 is 0.500 bits per heavy atom. The van der Waals surface area contributed by atoms with Crippen LogP contribution in [0, 0.1) is 0 Å². The molecule has 0 aliphatic heterocycles. The third kappa shape index (κ3) is 8.86. The van der Waals surface area contributed by atoms with Crippen molar-refractivity contribution < 1.29 is 73.1 Å². The Morgan fingerprint density at radius 1 is 0.500 bits per heavy atom. The van der Waals surface area contributed by atoms with E-state index in [9.17, 15) is 0 Å². The van der Waals surface area contributed by atoms with E-state index in [0.717, 1.165) is 0 Å². The minimum atomic E-state index is 0. The van der Waals surface area contributed by atoms with Gasteiger partial charge >= 0.3 is 73.1 Å². The van der Waals surface area contributed by atoms with Gasteiger partial charge in [0.15, 0.2) is 0 Å². The summed E-state index contributed by atoms with van der Waals surface area (Å²) >= 11 is 0. The Morgan fingerprint density at radius 2 is 0.500 bits per heavy atom. The zero-order valence-electron chi connectivity index (χ0n) is 2.12. The number of hydrogen-bond donors (Lipinski definition) is 0. The van der Waals surface area contributed by atoms with Crippen molar-refractivity contribution in [3.8, 4) is 0 Å². The van der Waals surface area contributed by atoms with Crippen molar-refractivity contribution in [2.24, 2.45) is 0 Å². The van der Waals surface area contributed by atoms with E-state index in [1.54, 1.807) is 0 Å². The predicted octanol–water partition coefficient (Wildman–Crippen LogP) is -0.0100. The summed E-state index contributed by atoms with van der Waals surface area (Å²) in [6.07, 6.45) is 0. The van der Waals surface area contributed by atoms with Gasteiger partial charge < -0.3 is 0 Å². The average Bonchev–Trinajstić information content (AvgIpc) is 0. The van der Waals surface area contributed by atoms with Gasteiger partial charge in [0.1, 0.15) is 0 Å². The van der Waals surface area contributed by atoms with Crippen molar-refractivity contribution >= 4 is 0 Å². The first-order chi connectivity index (χ1) is 0. The van der Waals surface area contributed by atoms with Crippen molar-refractivity contribution in [2.75, 3.05) is 0 Å². The van der Waals surface area contributed by atoms with Gasteiger partial charge in [-0.15, -0.1) is 0 Å². The first-order valence-corrected chi connectivity index (χ1v) is 0. The molecule has 0 amide bonds. The predicted molar refractivity (Wildman–Crippen MR) is 0 cm³/mol. The summed E-state index contributed by atoms with van der Waals surface area (Å²) < 4.78 is 0. The molecule has 0 aromatic rings. The van der Waals surface area contributed by atoms with Crippen LogP contribution in [0.5, 0.6) is 0 Å². The molecule has 0 unspecified atom stereocenters. The molecule has 0 atom stereocenters. The second kappa shape index (κ2) is 18.6. The summed E-state index contributed by atoms with van der Waals surface area (Å²) in [7, 11) is 0. The Hall–Kier alpha value is 2.29. The zero-order valence-corrected chi connectivity index (χ0v) is 10.3. The first-order valence-electron chi connectivity index (χ1n) is 0. The Bertz CT molecular complexity index is 4.00. The van der Waals surface area contributed by atoms with Crippen LogP contribution in [-0.2, 0) is 73.1 Å². The summed E-state index contributed by atoms with van der Waals surface area (Å²) in [4.78, 5) is 0. The monoisotopic (exact) mass is 240 g/mol. The molecule has 0 aromatic heterocycles. The largest absolute Gasteiger partial charge is 2.00 e. The molecule has 0 nitrogen and oxygen atoms in total. The topological polar surface area (TPSA) is 0 Å². The van der Waals surface area contributed by atoms with Crippen LogP contribution in [-0.4, -0.2) is 0 Å². The van der Waals surface area contributed by atoms with E-state index in [-0.39, 0.29) is 73.1 Å². The number of rotatable bonds is 0. The fourth-order valence-corrected chi connectivity index (χ4v) is 0. The minimum absolute atomic E-state index is 0. The van der Waals surface area contributed by atoms with Crippen LogP contribution in [0.25, 0.3) is 0 Å². The van der Waals surface area contributed by atoms with E-state index in [4.69, 9.17) is 0 Å². The van der Waals surface area contributed by atoms with Crippen LogP contribution < -0.4 is 0 Å². The van der Waals surface area contributed by atoms with E-state index in [1.807, 2.05) is 0 Å². The Kier molecular flexibility index (Phi) is 156. The van der Waals surface area contributed by atoms with Crippen molar-refractivity contribution in [3.05, 3.63) is 0 Å². The zero-order chi connectivity index (χ0) is 0. The average molecular weight is 242 g/mol. The molecule has 0 N–H and O–H groups in total. The molecule has 0 saturated carbocycles. The van der Waals surface area contributed by atoms with Crippen LogP contribution in [0.3, 0.4) is 0 Å². The second-order valence-electron chi connectivity index (χ2n) is 0. The molecule has 0 aliphatic carbocycles. The molecule has 12 valence electrons. The summed E-state index contributed by atoms with van der Waals surface area (Å²) in [6, 6.07) is 0. The molecule has 4 heavy (non-hydrogen) atoms. The third-order valence-corrected chi connectivity index (χ3v) is 0. The van der Waals surface area contributed by atoms with Gasteiger partial charge in [-0.2, -0.15) is 0 Å². The van der Waals surface area contributed by atoms with Gasteiger partial charge in [-0.25, -0.2) is 0 Å².